The van der Waals surface area contributed by atoms with E-state index in [2.05, 4.69) is 15.5 Å². The van der Waals surface area contributed by atoms with Crippen molar-refractivity contribution in [2.45, 2.75) is 20.8 Å². The van der Waals surface area contributed by atoms with Crippen molar-refractivity contribution in [2.24, 2.45) is 0 Å². The molecule has 0 unspecified atom stereocenters. The summed E-state index contributed by atoms with van der Waals surface area (Å²) in [6.07, 6.45) is 0. The lowest BCUT2D eigenvalue weighted by atomic mass is 10.1. The number of benzene rings is 2. The molecule has 0 aliphatic carbocycles. The van der Waals surface area contributed by atoms with Crippen LogP contribution in [0.15, 0.2) is 47.0 Å². The molecule has 0 saturated carbocycles. The van der Waals surface area contributed by atoms with Crippen molar-refractivity contribution in [1.82, 2.24) is 10.1 Å². The molecule has 6 nitrogen and oxygen atoms in total. The maximum atomic E-state index is 12.1. The molecule has 3 aromatic rings. The number of hydrogen-bond donors (Lipinski definition) is 1. The van der Waals surface area contributed by atoms with Gasteiger partial charge in [0.2, 0.25) is 0 Å². The third kappa shape index (κ3) is 4.03. The molecule has 0 atom stereocenters. The van der Waals surface area contributed by atoms with Gasteiger partial charge in [-0.2, -0.15) is 4.98 Å². The summed E-state index contributed by atoms with van der Waals surface area (Å²) in [5.41, 5.74) is 3.85. The predicted molar refractivity (Wildman–Crippen MR) is 94.5 cm³/mol. The number of nitrogens with zero attached hydrogens (tertiary/aromatic N) is 2. The second-order valence-electron chi connectivity index (χ2n) is 5.85. The number of aryl methyl sites for hydroxylation is 3. The van der Waals surface area contributed by atoms with E-state index < -0.39 is 0 Å². The molecule has 25 heavy (non-hydrogen) atoms. The first-order valence-electron chi connectivity index (χ1n) is 7.92. The first-order chi connectivity index (χ1) is 12.0. The molecule has 0 spiro atoms. The van der Waals surface area contributed by atoms with Gasteiger partial charge < -0.3 is 9.26 Å². The van der Waals surface area contributed by atoms with E-state index in [1.807, 2.05) is 63.2 Å². The first-order valence-corrected chi connectivity index (χ1v) is 7.92. The number of rotatable bonds is 5. The summed E-state index contributed by atoms with van der Waals surface area (Å²) < 4.78 is 10.8. The second kappa shape index (κ2) is 7.17. The van der Waals surface area contributed by atoms with Crippen LogP contribution >= 0.6 is 0 Å². The van der Waals surface area contributed by atoms with E-state index in [9.17, 15) is 4.79 Å². The van der Waals surface area contributed by atoms with Crippen LogP contribution < -0.4 is 10.1 Å². The van der Waals surface area contributed by atoms with Crippen molar-refractivity contribution in [2.75, 3.05) is 11.9 Å². The molecule has 6 heteroatoms. The molecule has 1 amide bonds. The van der Waals surface area contributed by atoms with Crippen LogP contribution in [0, 0.1) is 20.8 Å². The Morgan fingerprint density at radius 1 is 1.12 bits per heavy atom. The normalized spacial score (nSPS) is 10.5. The Morgan fingerprint density at radius 2 is 1.84 bits per heavy atom. The van der Waals surface area contributed by atoms with Gasteiger partial charge in [0.1, 0.15) is 5.75 Å². The van der Waals surface area contributed by atoms with Gasteiger partial charge in [-0.3, -0.25) is 10.1 Å². The summed E-state index contributed by atoms with van der Waals surface area (Å²) >= 11 is 0. The molecule has 0 fully saturated rings. The Kier molecular flexibility index (Phi) is 4.79. The molecular formula is C19H19N3O3. The van der Waals surface area contributed by atoms with Gasteiger partial charge in [0.05, 0.1) is 0 Å². The van der Waals surface area contributed by atoms with Crippen molar-refractivity contribution < 1.29 is 14.1 Å². The van der Waals surface area contributed by atoms with E-state index in [4.69, 9.17) is 9.26 Å². The largest absolute Gasteiger partial charge is 0.483 e. The summed E-state index contributed by atoms with van der Waals surface area (Å²) in [5, 5.41) is 6.35. The number of hydrogen-bond acceptors (Lipinski definition) is 5. The fraction of sp³-hybridized carbons (Fsp3) is 0.211. The fourth-order valence-corrected chi connectivity index (χ4v) is 2.49. The first kappa shape index (κ1) is 16.7. The van der Waals surface area contributed by atoms with Gasteiger partial charge in [-0.05, 0) is 49.2 Å². The third-order valence-corrected chi connectivity index (χ3v) is 3.70. The smallest absolute Gasteiger partial charge is 0.270 e. The average molecular weight is 337 g/mol. The van der Waals surface area contributed by atoms with Crippen LogP contribution in [0.25, 0.3) is 11.5 Å². The maximum Gasteiger partial charge on any atom is 0.270 e. The molecule has 3 rings (SSSR count). The van der Waals surface area contributed by atoms with Gasteiger partial charge in [0.15, 0.2) is 6.61 Å². The summed E-state index contributed by atoms with van der Waals surface area (Å²) in [6, 6.07) is 13.5. The van der Waals surface area contributed by atoms with Crippen LogP contribution in [-0.2, 0) is 4.79 Å². The van der Waals surface area contributed by atoms with E-state index >= 15 is 0 Å². The Bertz CT molecular complexity index is 882. The second-order valence-corrected chi connectivity index (χ2v) is 5.85. The van der Waals surface area contributed by atoms with Crippen LogP contribution in [0.3, 0.4) is 0 Å². The summed E-state index contributed by atoms with van der Waals surface area (Å²) in [6.45, 7) is 5.73. The van der Waals surface area contributed by atoms with Gasteiger partial charge in [-0.1, -0.05) is 35.9 Å². The van der Waals surface area contributed by atoms with Crippen LogP contribution in [0.4, 0.5) is 5.95 Å². The van der Waals surface area contributed by atoms with Crippen LogP contribution in [0.1, 0.15) is 16.7 Å². The third-order valence-electron chi connectivity index (χ3n) is 3.70. The lowest BCUT2D eigenvalue weighted by Crippen LogP contribution is -2.21. The molecule has 2 aromatic carbocycles. The van der Waals surface area contributed by atoms with Gasteiger partial charge in [0, 0.05) is 5.56 Å². The highest BCUT2D eigenvalue weighted by atomic mass is 16.5. The highest BCUT2D eigenvalue weighted by molar-refractivity contribution is 5.90. The molecule has 128 valence electrons. The minimum atomic E-state index is -0.348. The molecule has 0 aliphatic rings. The SMILES string of the molecule is Cc1cccc(-c2nc(NC(=O)COc3c(C)cccc3C)no2)c1. The van der Waals surface area contributed by atoms with E-state index in [1.54, 1.807) is 0 Å². The number of carbonyl (C=O) groups is 1. The Morgan fingerprint density at radius 3 is 2.56 bits per heavy atom. The number of para-hydroxylation sites is 1. The number of anilines is 1. The lowest BCUT2D eigenvalue weighted by molar-refractivity contribution is -0.118. The van der Waals surface area contributed by atoms with Crippen LogP contribution in [0.2, 0.25) is 0 Å². The highest BCUT2D eigenvalue weighted by Crippen LogP contribution is 2.22. The zero-order chi connectivity index (χ0) is 17.8. The van der Waals surface area contributed by atoms with Gasteiger partial charge in [-0.25, -0.2) is 0 Å². The van der Waals surface area contributed by atoms with Crippen molar-refractivity contribution in [3.63, 3.8) is 0 Å². The molecule has 0 saturated heterocycles. The molecule has 0 radical (unpaired) electrons. The zero-order valence-corrected chi connectivity index (χ0v) is 14.4. The Labute approximate surface area is 145 Å². The van der Waals surface area contributed by atoms with Gasteiger partial charge >= 0.3 is 0 Å². The predicted octanol–water partition coefficient (Wildman–Crippen LogP) is 3.68. The summed E-state index contributed by atoms with van der Waals surface area (Å²) in [7, 11) is 0. The van der Waals surface area contributed by atoms with E-state index in [0.717, 1.165) is 22.3 Å². The van der Waals surface area contributed by atoms with Crippen molar-refractivity contribution in [1.29, 1.82) is 0 Å². The van der Waals surface area contributed by atoms with E-state index in [0.29, 0.717) is 11.6 Å². The molecule has 1 aromatic heterocycles. The van der Waals surface area contributed by atoms with Crippen molar-refractivity contribution in [3.8, 4) is 17.2 Å². The average Bonchev–Trinajstić information content (AvgIpc) is 3.03. The minimum absolute atomic E-state index is 0.117. The molecule has 1 heterocycles. The fourth-order valence-electron chi connectivity index (χ4n) is 2.49. The maximum absolute atomic E-state index is 12.1. The quantitative estimate of drug-likeness (QED) is 0.768. The topological polar surface area (TPSA) is 77.2 Å². The number of aromatic nitrogens is 2. The van der Waals surface area contributed by atoms with E-state index in [-0.39, 0.29) is 18.5 Å². The number of carbonyl (C=O) groups excluding carboxylic acids is 1. The standard InChI is InChI=1S/C19H19N3O3/c1-12-6-4-9-15(10-12)18-21-19(22-25-18)20-16(23)11-24-17-13(2)7-5-8-14(17)3/h4-10H,11H2,1-3H3,(H,20,22,23). The lowest BCUT2D eigenvalue weighted by Gasteiger charge is -2.10. The zero-order valence-electron chi connectivity index (χ0n) is 14.4. The monoisotopic (exact) mass is 337 g/mol. The highest BCUT2D eigenvalue weighted by Gasteiger charge is 2.13. The van der Waals surface area contributed by atoms with Crippen LogP contribution in [0.5, 0.6) is 5.75 Å². The summed E-state index contributed by atoms with van der Waals surface area (Å²) in [4.78, 5) is 16.2. The van der Waals surface area contributed by atoms with Crippen molar-refractivity contribution >= 4 is 11.9 Å². The van der Waals surface area contributed by atoms with E-state index in [1.165, 1.54) is 0 Å². The molecule has 0 bridgehead atoms. The van der Waals surface area contributed by atoms with Gasteiger partial charge in [-0.15, -0.1) is 0 Å². The molecular weight excluding hydrogens is 318 g/mol. The minimum Gasteiger partial charge on any atom is -0.483 e. The number of ether oxygens (including phenoxy) is 1. The Hall–Kier alpha value is -3.15. The molecule has 0 aliphatic heterocycles. The molecule has 1 N–H and O–H groups in total. The Balaban J connectivity index is 1.62. The summed E-state index contributed by atoms with van der Waals surface area (Å²) in [5.74, 6) is 0.840. The number of nitrogens with one attached hydrogen (secondary N) is 1. The number of amides is 1. The van der Waals surface area contributed by atoms with Crippen LogP contribution in [-0.4, -0.2) is 22.7 Å². The van der Waals surface area contributed by atoms with Gasteiger partial charge in [0.25, 0.3) is 17.7 Å². The van der Waals surface area contributed by atoms with Crippen molar-refractivity contribution in [3.05, 3.63) is 59.2 Å².